The van der Waals surface area contributed by atoms with Gasteiger partial charge in [-0.1, -0.05) is 47.5 Å². The van der Waals surface area contributed by atoms with Crippen LogP contribution in [0.15, 0.2) is 72.8 Å². The summed E-state index contributed by atoms with van der Waals surface area (Å²) in [6.45, 7) is 4.15. The monoisotopic (exact) mass is 355 g/mol. The second kappa shape index (κ2) is 7.08. The summed E-state index contributed by atoms with van der Waals surface area (Å²) < 4.78 is 5.28. The highest BCUT2D eigenvalue weighted by atomic mass is 16.5. The molecule has 4 nitrogen and oxygen atoms in total. The van der Waals surface area contributed by atoms with Crippen LogP contribution in [0.1, 0.15) is 11.1 Å². The summed E-state index contributed by atoms with van der Waals surface area (Å²) >= 11 is 0. The van der Waals surface area contributed by atoms with Crippen LogP contribution in [0, 0.1) is 13.8 Å². The van der Waals surface area contributed by atoms with Crippen molar-refractivity contribution in [3.05, 3.63) is 83.9 Å². The van der Waals surface area contributed by atoms with E-state index in [4.69, 9.17) is 14.9 Å². The first kappa shape index (κ1) is 17.0. The van der Waals surface area contributed by atoms with E-state index < -0.39 is 0 Å². The number of hydrogen-bond donors (Lipinski definition) is 0. The molecule has 0 N–H and O–H groups in total. The van der Waals surface area contributed by atoms with E-state index >= 15 is 0 Å². The highest BCUT2D eigenvalue weighted by Crippen LogP contribution is 2.31. The molecular formula is C23H21N3O. The Morgan fingerprint density at radius 3 is 1.56 bits per heavy atom. The minimum absolute atomic E-state index is 0.821. The van der Waals surface area contributed by atoms with Crippen LogP contribution in [-0.2, 0) is 0 Å². The fourth-order valence-corrected chi connectivity index (χ4v) is 2.95. The molecule has 1 heterocycles. The van der Waals surface area contributed by atoms with Gasteiger partial charge in [-0.25, -0.2) is 0 Å². The molecule has 4 heteroatoms. The van der Waals surface area contributed by atoms with Gasteiger partial charge < -0.3 is 4.74 Å². The van der Waals surface area contributed by atoms with Crippen molar-refractivity contribution < 1.29 is 4.74 Å². The Balaban J connectivity index is 1.86. The van der Waals surface area contributed by atoms with Gasteiger partial charge in [0.25, 0.3) is 0 Å². The molecule has 3 aromatic carbocycles. The summed E-state index contributed by atoms with van der Waals surface area (Å²) in [7, 11) is 1.67. The molecule has 0 fully saturated rings. The lowest BCUT2D eigenvalue weighted by molar-refractivity contribution is 0.415. The van der Waals surface area contributed by atoms with Gasteiger partial charge in [-0.2, -0.15) is 4.80 Å². The first-order valence-corrected chi connectivity index (χ1v) is 8.90. The van der Waals surface area contributed by atoms with Crippen LogP contribution in [-0.4, -0.2) is 22.1 Å². The number of ether oxygens (including phenoxy) is 1. The number of nitrogens with zero attached hydrogens (tertiary/aromatic N) is 3. The van der Waals surface area contributed by atoms with Gasteiger partial charge in [0, 0.05) is 11.1 Å². The molecule has 4 aromatic rings. The molecule has 27 heavy (non-hydrogen) atoms. The molecule has 0 radical (unpaired) electrons. The number of benzene rings is 3. The van der Waals surface area contributed by atoms with Crippen LogP contribution in [0.3, 0.4) is 0 Å². The van der Waals surface area contributed by atoms with Gasteiger partial charge in [-0.15, -0.1) is 10.2 Å². The maximum absolute atomic E-state index is 5.28. The third-order valence-corrected chi connectivity index (χ3v) is 4.57. The molecule has 0 aliphatic carbocycles. The van der Waals surface area contributed by atoms with Crippen LogP contribution >= 0.6 is 0 Å². The predicted molar refractivity (Wildman–Crippen MR) is 108 cm³/mol. The Morgan fingerprint density at radius 2 is 1.07 bits per heavy atom. The SMILES string of the molecule is COc1ccc(-c2nn(-c3ccc(C)cc3)nc2-c2ccc(C)cc2)cc1. The normalized spacial score (nSPS) is 10.8. The third kappa shape index (κ3) is 3.47. The molecule has 4 rings (SSSR count). The summed E-state index contributed by atoms with van der Waals surface area (Å²) in [5, 5.41) is 9.60. The minimum atomic E-state index is 0.821. The van der Waals surface area contributed by atoms with Crippen molar-refractivity contribution in [1.82, 2.24) is 15.0 Å². The number of rotatable bonds is 4. The van der Waals surface area contributed by atoms with Crippen molar-refractivity contribution in [3.63, 3.8) is 0 Å². The van der Waals surface area contributed by atoms with E-state index in [0.29, 0.717) is 0 Å². The fourth-order valence-electron chi connectivity index (χ4n) is 2.95. The zero-order chi connectivity index (χ0) is 18.8. The van der Waals surface area contributed by atoms with E-state index in [1.54, 1.807) is 11.9 Å². The smallest absolute Gasteiger partial charge is 0.121 e. The topological polar surface area (TPSA) is 39.9 Å². The first-order chi connectivity index (χ1) is 13.1. The van der Waals surface area contributed by atoms with E-state index in [-0.39, 0.29) is 0 Å². The Hall–Kier alpha value is -3.40. The molecule has 0 spiro atoms. The average Bonchev–Trinajstić information content (AvgIpc) is 3.14. The zero-order valence-corrected chi connectivity index (χ0v) is 15.7. The maximum atomic E-state index is 5.28. The van der Waals surface area contributed by atoms with Crippen molar-refractivity contribution in [2.45, 2.75) is 13.8 Å². The van der Waals surface area contributed by atoms with E-state index in [1.165, 1.54) is 11.1 Å². The summed E-state index contributed by atoms with van der Waals surface area (Å²) in [5.74, 6) is 0.821. The largest absolute Gasteiger partial charge is 0.497 e. The Kier molecular flexibility index (Phi) is 4.47. The lowest BCUT2D eigenvalue weighted by Gasteiger charge is -2.03. The first-order valence-electron chi connectivity index (χ1n) is 8.90. The molecule has 0 aliphatic heterocycles. The summed E-state index contributed by atoms with van der Waals surface area (Å²) in [5.41, 5.74) is 7.13. The molecule has 0 amide bonds. The summed E-state index contributed by atoms with van der Waals surface area (Å²) in [4.78, 5) is 1.70. The van der Waals surface area contributed by atoms with Gasteiger partial charge in [0.15, 0.2) is 0 Å². The van der Waals surface area contributed by atoms with Gasteiger partial charge in [0.2, 0.25) is 0 Å². The molecule has 0 aliphatic rings. The predicted octanol–water partition coefficient (Wildman–Crippen LogP) is 5.23. The average molecular weight is 355 g/mol. The number of aryl methyl sites for hydroxylation is 2. The number of aromatic nitrogens is 3. The van der Waals surface area contributed by atoms with Crippen LogP contribution in [0.4, 0.5) is 0 Å². The third-order valence-electron chi connectivity index (χ3n) is 4.57. The van der Waals surface area contributed by atoms with Crippen molar-refractivity contribution in [3.8, 4) is 34.0 Å². The molecule has 0 unspecified atom stereocenters. The lowest BCUT2D eigenvalue weighted by Crippen LogP contribution is -1.98. The standard InChI is InChI=1S/C23H21N3O/c1-16-4-8-18(9-5-16)22-23(19-10-14-21(27-3)15-11-19)25-26(24-22)20-12-6-17(2)7-13-20/h4-15H,1-3H3. The van der Waals surface area contributed by atoms with Gasteiger partial charge in [-0.05, 0) is 50.2 Å². The molecule has 0 bridgehead atoms. The lowest BCUT2D eigenvalue weighted by atomic mass is 10.0. The van der Waals surface area contributed by atoms with Crippen molar-refractivity contribution >= 4 is 0 Å². The quantitative estimate of drug-likeness (QED) is 0.503. The maximum Gasteiger partial charge on any atom is 0.121 e. The Morgan fingerprint density at radius 1 is 0.630 bits per heavy atom. The van der Waals surface area contributed by atoms with E-state index in [9.17, 15) is 0 Å². The molecule has 0 atom stereocenters. The second-order valence-electron chi connectivity index (χ2n) is 6.62. The van der Waals surface area contributed by atoms with Gasteiger partial charge in [0.1, 0.15) is 17.1 Å². The van der Waals surface area contributed by atoms with Crippen LogP contribution in [0.25, 0.3) is 28.2 Å². The van der Waals surface area contributed by atoms with Crippen molar-refractivity contribution in [1.29, 1.82) is 0 Å². The Bertz CT molecular complexity index is 1050. The highest BCUT2D eigenvalue weighted by Gasteiger charge is 2.16. The van der Waals surface area contributed by atoms with Gasteiger partial charge in [0.05, 0.1) is 12.8 Å². The van der Waals surface area contributed by atoms with E-state index in [1.807, 2.05) is 36.4 Å². The van der Waals surface area contributed by atoms with Gasteiger partial charge in [-0.3, -0.25) is 0 Å². The van der Waals surface area contributed by atoms with Crippen LogP contribution in [0.2, 0.25) is 0 Å². The number of methoxy groups -OCH3 is 1. The molecular weight excluding hydrogens is 334 g/mol. The molecule has 0 saturated carbocycles. The molecule has 1 aromatic heterocycles. The number of hydrogen-bond acceptors (Lipinski definition) is 3. The summed E-state index contributed by atoms with van der Waals surface area (Å²) in [6, 6.07) is 24.5. The zero-order valence-electron chi connectivity index (χ0n) is 15.7. The molecule has 0 saturated heterocycles. The van der Waals surface area contributed by atoms with Crippen molar-refractivity contribution in [2.24, 2.45) is 0 Å². The van der Waals surface area contributed by atoms with Crippen LogP contribution < -0.4 is 4.74 Å². The minimum Gasteiger partial charge on any atom is -0.497 e. The second-order valence-corrected chi connectivity index (χ2v) is 6.62. The highest BCUT2D eigenvalue weighted by molar-refractivity contribution is 5.78. The fraction of sp³-hybridized carbons (Fsp3) is 0.130. The van der Waals surface area contributed by atoms with E-state index in [2.05, 4.69) is 50.2 Å². The molecule has 134 valence electrons. The van der Waals surface area contributed by atoms with Crippen molar-refractivity contribution in [2.75, 3.05) is 7.11 Å². The van der Waals surface area contributed by atoms with Gasteiger partial charge >= 0.3 is 0 Å². The summed E-state index contributed by atoms with van der Waals surface area (Å²) in [6.07, 6.45) is 0. The van der Waals surface area contributed by atoms with E-state index in [0.717, 1.165) is 34.0 Å². The van der Waals surface area contributed by atoms with Crippen LogP contribution in [0.5, 0.6) is 5.75 Å². The Labute approximate surface area is 159 Å².